The first kappa shape index (κ1) is 17.7. The van der Waals surface area contributed by atoms with Crippen LogP contribution in [0.4, 0.5) is 11.4 Å². The second kappa shape index (κ2) is 7.04. The fourth-order valence-corrected chi connectivity index (χ4v) is 2.50. The SMILES string of the molecule is O=C(Cn1nc(C(=O)[O-])c2ccccc2c1=O)Nc1ccc([N+](=O)[O-])cc1. The summed E-state index contributed by atoms with van der Waals surface area (Å²) in [6.07, 6.45) is 0. The number of aromatic carboxylic acids is 1. The number of aromatic nitrogens is 2. The van der Waals surface area contributed by atoms with Gasteiger partial charge in [-0.2, -0.15) is 5.10 Å². The Morgan fingerprint density at radius 1 is 1.07 bits per heavy atom. The number of nitrogens with one attached hydrogen (secondary N) is 1. The standard InChI is InChI=1S/C17H12N4O6/c22-14(18-10-5-7-11(8-6-10)21(26)27)9-20-16(23)13-4-2-1-3-12(13)15(19-20)17(24)25/h1-8H,9H2,(H,18,22)(H,24,25)/p-1. The number of benzene rings is 2. The molecule has 0 aliphatic carbocycles. The summed E-state index contributed by atoms with van der Waals surface area (Å²) in [5.74, 6) is -2.23. The fraction of sp³-hybridized carbons (Fsp3) is 0.0588. The number of carbonyl (C=O) groups excluding carboxylic acids is 2. The van der Waals surface area contributed by atoms with Crippen LogP contribution in [0.1, 0.15) is 10.5 Å². The number of hydrogen-bond acceptors (Lipinski definition) is 7. The minimum atomic E-state index is -1.57. The van der Waals surface area contributed by atoms with Crippen LogP contribution in [0.5, 0.6) is 0 Å². The molecule has 0 radical (unpaired) electrons. The first-order chi connectivity index (χ1) is 12.9. The van der Waals surface area contributed by atoms with E-state index in [0.717, 1.165) is 4.68 Å². The van der Waals surface area contributed by atoms with Crippen LogP contribution in [0.2, 0.25) is 0 Å². The Balaban J connectivity index is 1.88. The summed E-state index contributed by atoms with van der Waals surface area (Å²) in [6.45, 7) is -0.541. The Hall–Kier alpha value is -4.08. The van der Waals surface area contributed by atoms with Gasteiger partial charge in [0.05, 0.1) is 16.3 Å². The molecule has 27 heavy (non-hydrogen) atoms. The van der Waals surface area contributed by atoms with Crippen LogP contribution in [-0.4, -0.2) is 26.6 Å². The molecular weight excluding hydrogens is 356 g/mol. The predicted octanol–water partition coefficient (Wildman–Crippen LogP) is 0.307. The second-order valence-corrected chi connectivity index (χ2v) is 5.50. The van der Waals surface area contributed by atoms with Gasteiger partial charge in [0.1, 0.15) is 12.2 Å². The first-order valence-electron chi connectivity index (χ1n) is 7.62. The number of rotatable bonds is 5. The third-order valence-electron chi connectivity index (χ3n) is 3.72. The largest absolute Gasteiger partial charge is 0.543 e. The summed E-state index contributed by atoms with van der Waals surface area (Å²) in [5.41, 5.74) is -0.943. The van der Waals surface area contributed by atoms with E-state index in [0.29, 0.717) is 0 Å². The minimum Gasteiger partial charge on any atom is -0.543 e. The molecule has 1 aromatic heterocycles. The zero-order valence-electron chi connectivity index (χ0n) is 13.6. The maximum atomic E-state index is 12.4. The van der Waals surface area contributed by atoms with E-state index in [-0.39, 0.29) is 22.1 Å². The van der Waals surface area contributed by atoms with Crippen molar-refractivity contribution < 1.29 is 19.6 Å². The van der Waals surface area contributed by atoms with Gasteiger partial charge in [-0.05, 0) is 18.2 Å². The Labute approximate surface area is 150 Å². The first-order valence-corrected chi connectivity index (χ1v) is 7.62. The Kier molecular flexibility index (Phi) is 4.62. The molecule has 1 amide bonds. The summed E-state index contributed by atoms with van der Waals surface area (Å²) >= 11 is 0. The molecule has 3 rings (SSSR count). The maximum Gasteiger partial charge on any atom is 0.275 e. The average molecular weight is 367 g/mol. The van der Waals surface area contributed by atoms with Gasteiger partial charge in [0.15, 0.2) is 0 Å². The molecule has 0 bridgehead atoms. The van der Waals surface area contributed by atoms with Crippen molar-refractivity contribution in [2.24, 2.45) is 0 Å². The molecule has 0 saturated heterocycles. The highest BCUT2D eigenvalue weighted by Gasteiger charge is 2.14. The third-order valence-corrected chi connectivity index (χ3v) is 3.72. The highest BCUT2D eigenvalue weighted by atomic mass is 16.6. The Morgan fingerprint density at radius 3 is 2.30 bits per heavy atom. The van der Waals surface area contributed by atoms with Crippen molar-refractivity contribution in [3.63, 3.8) is 0 Å². The van der Waals surface area contributed by atoms with Crippen LogP contribution in [0.15, 0.2) is 53.3 Å². The van der Waals surface area contributed by atoms with E-state index in [1.54, 1.807) is 12.1 Å². The van der Waals surface area contributed by atoms with Gasteiger partial charge in [0.2, 0.25) is 5.91 Å². The minimum absolute atomic E-state index is 0.0924. The molecule has 0 aliphatic heterocycles. The van der Waals surface area contributed by atoms with Crippen molar-refractivity contribution in [2.75, 3.05) is 5.32 Å². The molecule has 2 aromatic carbocycles. The number of nitro groups is 1. The molecule has 1 N–H and O–H groups in total. The fourth-order valence-electron chi connectivity index (χ4n) is 2.50. The van der Waals surface area contributed by atoms with Crippen LogP contribution in [0.3, 0.4) is 0 Å². The van der Waals surface area contributed by atoms with Crippen molar-refractivity contribution in [3.8, 4) is 0 Å². The van der Waals surface area contributed by atoms with Crippen LogP contribution >= 0.6 is 0 Å². The lowest BCUT2D eigenvalue weighted by atomic mass is 10.1. The molecule has 0 atom stereocenters. The monoisotopic (exact) mass is 367 g/mol. The van der Waals surface area contributed by atoms with Crippen LogP contribution in [-0.2, 0) is 11.3 Å². The van der Waals surface area contributed by atoms with Gasteiger partial charge in [-0.3, -0.25) is 19.7 Å². The number of non-ortho nitro benzene ring substituents is 1. The average Bonchev–Trinajstić information content (AvgIpc) is 2.64. The van der Waals surface area contributed by atoms with Crippen molar-refractivity contribution in [1.82, 2.24) is 9.78 Å². The van der Waals surface area contributed by atoms with Gasteiger partial charge in [-0.1, -0.05) is 18.2 Å². The molecule has 0 saturated carbocycles. The zero-order chi connectivity index (χ0) is 19.6. The van der Waals surface area contributed by atoms with Gasteiger partial charge in [-0.25, -0.2) is 4.68 Å². The quantitative estimate of drug-likeness (QED) is 0.504. The number of nitrogens with zero attached hydrogens (tertiary/aromatic N) is 3. The van der Waals surface area contributed by atoms with Gasteiger partial charge < -0.3 is 15.2 Å². The van der Waals surface area contributed by atoms with Gasteiger partial charge in [-0.15, -0.1) is 0 Å². The number of carboxylic acids is 1. The molecule has 1 heterocycles. The molecular formula is C17H11N4O6-. The Morgan fingerprint density at radius 2 is 1.70 bits per heavy atom. The molecule has 136 valence electrons. The summed E-state index contributed by atoms with van der Waals surface area (Å²) in [4.78, 5) is 46.0. The van der Waals surface area contributed by atoms with E-state index < -0.39 is 34.6 Å². The zero-order valence-corrected chi connectivity index (χ0v) is 13.6. The number of fused-ring (bicyclic) bond motifs is 1. The predicted molar refractivity (Wildman–Crippen MR) is 92.1 cm³/mol. The highest BCUT2D eigenvalue weighted by molar-refractivity contribution is 6.00. The van der Waals surface area contributed by atoms with E-state index in [1.807, 2.05) is 0 Å². The molecule has 0 fully saturated rings. The van der Waals surface area contributed by atoms with Crippen molar-refractivity contribution >= 4 is 34.0 Å². The summed E-state index contributed by atoms with van der Waals surface area (Å²) < 4.78 is 0.730. The number of carboxylic acid groups (broad SMARTS) is 1. The number of amides is 1. The molecule has 3 aromatic rings. The van der Waals surface area contributed by atoms with Crippen molar-refractivity contribution in [3.05, 3.63) is 74.7 Å². The van der Waals surface area contributed by atoms with Crippen molar-refractivity contribution in [1.29, 1.82) is 0 Å². The van der Waals surface area contributed by atoms with E-state index in [9.17, 15) is 29.6 Å². The topological polar surface area (TPSA) is 147 Å². The lowest BCUT2D eigenvalue weighted by Crippen LogP contribution is -2.34. The molecule has 0 aliphatic rings. The number of hydrogen-bond donors (Lipinski definition) is 1. The summed E-state index contributed by atoms with van der Waals surface area (Å²) in [5, 5.41) is 28.3. The molecule has 0 unspecified atom stereocenters. The number of carbonyl (C=O) groups is 2. The van der Waals surface area contributed by atoms with E-state index in [4.69, 9.17) is 0 Å². The number of nitro benzene ring substituents is 1. The smallest absolute Gasteiger partial charge is 0.275 e. The molecule has 0 spiro atoms. The normalized spacial score (nSPS) is 10.5. The van der Waals surface area contributed by atoms with Gasteiger partial charge in [0.25, 0.3) is 11.2 Å². The molecule has 10 heteroatoms. The highest BCUT2D eigenvalue weighted by Crippen LogP contribution is 2.16. The van der Waals surface area contributed by atoms with Crippen LogP contribution in [0.25, 0.3) is 10.8 Å². The lowest BCUT2D eigenvalue weighted by molar-refractivity contribution is -0.384. The number of anilines is 1. The van der Waals surface area contributed by atoms with Gasteiger partial charge >= 0.3 is 0 Å². The van der Waals surface area contributed by atoms with E-state index >= 15 is 0 Å². The summed E-state index contributed by atoms with van der Waals surface area (Å²) in [7, 11) is 0. The van der Waals surface area contributed by atoms with Crippen LogP contribution in [0, 0.1) is 10.1 Å². The van der Waals surface area contributed by atoms with Crippen molar-refractivity contribution in [2.45, 2.75) is 6.54 Å². The van der Waals surface area contributed by atoms with Gasteiger partial charge in [0, 0.05) is 23.2 Å². The van der Waals surface area contributed by atoms with E-state index in [2.05, 4.69) is 10.4 Å². The van der Waals surface area contributed by atoms with E-state index in [1.165, 1.54) is 36.4 Å². The summed E-state index contributed by atoms with van der Waals surface area (Å²) in [6, 6.07) is 11.1. The lowest BCUT2D eigenvalue weighted by Gasteiger charge is -2.11. The second-order valence-electron chi connectivity index (χ2n) is 5.50. The maximum absolute atomic E-state index is 12.4. The third kappa shape index (κ3) is 3.63. The Bertz CT molecular complexity index is 1120. The molecule has 10 nitrogen and oxygen atoms in total. The van der Waals surface area contributed by atoms with Crippen LogP contribution < -0.4 is 16.0 Å².